The maximum absolute atomic E-state index is 4.49. The summed E-state index contributed by atoms with van der Waals surface area (Å²) in [5.41, 5.74) is 4.05. The van der Waals surface area contributed by atoms with Gasteiger partial charge < -0.3 is 5.32 Å². The van der Waals surface area contributed by atoms with Gasteiger partial charge in [0.1, 0.15) is 0 Å². The third kappa shape index (κ3) is 3.04. The number of hydrogen-bond acceptors (Lipinski definition) is 3. The average molecular weight is 272 g/mol. The molecular formula is C16H20N2S. The molecule has 1 N–H and O–H groups in total. The molecule has 0 atom stereocenters. The third-order valence-corrected chi connectivity index (χ3v) is 4.71. The molecule has 0 unspecified atom stereocenters. The number of aryl methyl sites for hydroxylation is 2. The summed E-state index contributed by atoms with van der Waals surface area (Å²) in [7, 11) is 0. The molecule has 1 fully saturated rings. The van der Waals surface area contributed by atoms with Crippen LogP contribution in [0.2, 0.25) is 0 Å². The van der Waals surface area contributed by atoms with E-state index >= 15 is 0 Å². The van der Waals surface area contributed by atoms with E-state index in [4.69, 9.17) is 0 Å². The van der Waals surface area contributed by atoms with Crippen molar-refractivity contribution in [1.29, 1.82) is 0 Å². The molecule has 0 bridgehead atoms. The summed E-state index contributed by atoms with van der Waals surface area (Å²) in [5.74, 6) is 0.745. The van der Waals surface area contributed by atoms with E-state index in [9.17, 15) is 0 Å². The van der Waals surface area contributed by atoms with Crippen molar-refractivity contribution in [3.05, 3.63) is 51.5 Å². The normalized spacial score (nSPS) is 22.2. The minimum Gasteiger partial charge on any atom is -0.308 e. The van der Waals surface area contributed by atoms with Crippen molar-refractivity contribution in [1.82, 2.24) is 10.3 Å². The summed E-state index contributed by atoms with van der Waals surface area (Å²) >= 11 is 1.73. The molecule has 1 heterocycles. The lowest BCUT2D eigenvalue weighted by atomic mass is 9.75. The first-order valence-corrected chi connectivity index (χ1v) is 7.79. The minimum absolute atomic E-state index is 0.660. The zero-order valence-corrected chi connectivity index (χ0v) is 12.3. The Kier molecular flexibility index (Phi) is 3.67. The second-order valence-corrected chi connectivity index (χ2v) is 6.58. The number of rotatable bonds is 4. The van der Waals surface area contributed by atoms with Gasteiger partial charge in [0.15, 0.2) is 0 Å². The van der Waals surface area contributed by atoms with Gasteiger partial charge >= 0.3 is 0 Å². The van der Waals surface area contributed by atoms with E-state index in [0.717, 1.165) is 17.5 Å². The predicted molar refractivity (Wildman–Crippen MR) is 80.6 cm³/mol. The van der Waals surface area contributed by atoms with E-state index in [1.54, 1.807) is 11.3 Å². The van der Waals surface area contributed by atoms with Crippen molar-refractivity contribution in [3.8, 4) is 0 Å². The molecule has 100 valence electrons. The highest BCUT2D eigenvalue weighted by Crippen LogP contribution is 2.37. The Bertz CT molecular complexity index is 555. The second-order valence-electron chi connectivity index (χ2n) is 5.52. The maximum Gasteiger partial charge on any atom is 0.0897 e. The number of nitrogens with one attached hydrogen (secondary N) is 1. The van der Waals surface area contributed by atoms with Gasteiger partial charge in [-0.1, -0.05) is 29.8 Å². The van der Waals surface area contributed by atoms with Crippen molar-refractivity contribution in [2.24, 2.45) is 0 Å². The second kappa shape index (κ2) is 5.43. The maximum atomic E-state index is 4.49. The Hall–Kier alpha value is -1.19. The number of hydrogen-bond donors (Lipinski definition) is 1. The molecule has 1 aliphatic rings. The third-order valence-electron chi connectivity index (χ3n) is 3.89. The Morgan fingerprint density at radius 3 is 2.84 bits per heavy atom. The van der Waals surface area contributed by atoms with Crippen LogP contribution in [0.3, 0.4) is 0 Å². The van der Waals surface area contributed by atoms with Crippen LogP contribution in [0.1, 0.15) is 40.6 Å². The number of thiazole rings is 1. The number of aromatic nitrogens is 1. The Morgan fingerprint density at radius 2 is 2.16 bits per heavy atom. The Morgan fingerprint density at radius 1 is 1.32 bits per heavy atom. The van der Waals surface area contributed by atoms with Gasteiger partial charge in [0.2, 0.25) is 0 Å². The number of benzene rings is 1. The zero-order valence-electron chi connectivity index (χ0n) is 11.5. The summed E-state index contributed by atoms with van der Waals surface area (Å²) in [6.45, 7) is 5.14. The summed E-state index contributed by atoms with van der Waals surface area (Å²) in [6, 6.07) is 9.58. The quantitative estimate of drug-likeness (QED) is 0.916. The molecule has 0 radical (unpaired) electrons. The van der Waals surface area contributed by atoms with Crippen molar-refractivity contribution in [3.63, 3.8) is 0 Å². The van der Waals surface area contributed by atoms with E-state index in [1.165, 1.54) is 29.7 Å². The van der Waals surface area contributed by atoms with E-state index < -0.39 is 0 Å². The summed E-state index contributed by atoms with van der Waals surface area (Å²) in [4.78, 5) is 4.49. The predicted octanol–water partition coefficient (Wildman–Crippen LogP) is 3.80. The summed E-state index contributed by atoms with van der Waals surface area (Å²) in [6.07, 6.45) is 2.51. The molecule has 0 saturated heterocycles. The molecule has 1 saturated carbocycles. The van der Waals surface area contributed by atoms with E-state index in [1.807, 2.05) is 0 Å². The molecule has 0 spiro atoms. The fourth-order valence-electron chi connectivity index (χ4n) is 2.72. The molecule has 3 heteroatoms. The first kappa shape index (κ1) is 12.8. The van der Waals surface area contributed by atoms with Crippen LogP contribution in [0.25, 0.3) is 0 Å². The highest BCUT2D eigenvalue weighted by Gasteiger charge is 2.29. The summed E-state index contributed by atoms with van der Waals surface area (Å²) in [5, 5.41) is 6.91. The lowest BCUT2D eigenvalue weighted by molar-refractivity contribution is 0.288. The summed E-state index contributed by atoms with van der Waals surface area (Å²) < 4.78 is 0. The van der Waals surface area contributed by atoms with Gasteiger partial charge in [-0.2, -0.15) is 0 Å². The zero-order chi connectivity index (χ0) is 13.2. The van der Waals surface area contributed by atoms with Crippen LogP contribution in [-0.4, -0.2) is 11.0 Å². The van der Waals surface area contributed by atoms with Crippen LogP contribution < -0.4 is 5.32 Å². The molecule has 1 aliphatic carbocycles. The minimum atomic E-state index is 0.660. The average Bonchev–Trinajstić information content (AvgIpc) is 2.73. The fourth-order valence-corrected chi connectivity index (χ4v) is 3.33. The van der Waals surface area contributed by atoms with Gasteiger partial charge in [-0.25, -0.2) is 4.98 Å². The first-order valence-electron chi connectivity index (χ1n) is 6.91. The first-order chi connectivity index (χ1) is 9.20. The molecule has 1 aromatic carbocycles. The topological polar surface area (TPSA) is 24.9 Å². The smallest absolute Gasteiger partial charge is 0.0897 e. The SMILES string of the molecule is Cc1cccc(C2CC(NCc3csc(C)n3)C2)c1. The van der Waals surface area contributed by atoms with Gasteiger partial charge in [0.25, 0.3) is 0 Å². The highest BCUT2D eigenvalue weighted by molar-refractivity contribution is 7.09. The van der Waals surface area contributed by atoms with Crippen molar-refractivity contribution in [2.45, 2.75) is 45.2 Å². The lowest BCUT2D eigenvalue weighted by Crippen LogP contribution is -2.39. The fraction of sp³-hybridized carbons (Fsp3) is 0.438. The molecule has 2 aromatic rings. The molecule has 3 rings (SSSR count). The highest BCUT2D eigenvalue weighted by atomic mass is 32.1. The van der Waals surface area contributed by atoms with Gasteiger partial charge in [-0.15, -0.1) is 11.3 Å². The van der Waals surface area contributed by atoms with Crippen molar-refractivity contribution < 1.29 is 0 Å². The van der Waals surface area contributed by atoms with Crippen LogP contribution in [0.5, 0.6) is 0 Å². The van der Waals surface area contributed by atoms with E-state index in [2.05, 4.69) is 53.8 Å². The molecule has 0 aliphatic heterocycles. The van der Waals surface area contributed by atoms with E-state index in [0.29, 0.717) is 6.04 Å². The van der Waals surface area contributed by atoms with Crippen molar-refractivity contribution in [2.75, 3.05) is 0 Å². The van der Waals surface area contributed by atoms with Crippen LogP contribution in [0, 0.1) is 13.8 Å². The molecule has 19 heavy (non-hydrogen) atoms. The molecule has 2 nitrogen and oxygen atoms in total. The Labute approximate surface area is 118 Å². The van der Waals surface area contributed by atoms with Gasteiger partial charge in [-0.05, 0) is 38.2 Å². The van der Waals surface area contributed by atoms with Gasteiger partial charge in [0, 0.05) is 18.0 Å². The molecular weight excluding hydrogens is 252 g/mol. The van der Waals surface area contributed by atoms with Gasteiger partial charge in [-0.3, -0.25) is 0 Å². The van der Waals surface area contributed by atoms with Crippen LogP contribution in [-0.2, 0) is 6.54 Å². The van der Waals surface area contributed by atoms with Crippen LogP contribution in [0.15, 0.2) is 29.6 Å². The monoisotopic (exact) mass is 272 g/mol. The number of nitrogens with zero attached hydrogens (tertiary/aromatic N) is 1. The van der Waals surface area contributed by atoms with Crippen LogP contribution >= 0.6 is 11.3 Å². The van der Waals surface area contributed by atoms with Gasteiger partial charge in [0.05, 0.1) is 10.7 Å². The standard InChI is InChI=1S/C16H20N2S/c1-11-4-3-5-13(6-11)14-7-15(8-14)17-9-16-10-19-12(2)18-16/h3-6,10,14-15,17H,7-9H2,1-2H3. The largest absolute Gasteiger partial charge is 0.308 e. The molecule has 0 amide bonds. The van der Waals surface area contributed by atoms with Crippen molar-refractivity contribution >= 4 is 11.3 Å². The van der Waals surface area contributed by atoms with E-state index in [-0.39, 0.29) is 0 Å². The molecule has 1 aromatic heterocycles. The lowest BCUT2D eigenvalue weighted by Gasteiger charge is -2.36. The van der Waals surface area contributed by atoms with Crippen LogP contribution in [0.4, 0.5) is 0 Å². The Balaban J connectivity index is 1.48.